The van der Waals surface area contributed by atoms with Gasteiger partial charge < -0.3 is 4.74 Å². The van der Waals surface area contributed by atoms with Gasteiger partial charge in [0.2, 0.25) is 0 Å². The highest BCUT2D eigenvalue weighted by molar-refractivity contribution is 5.81. The van der Waals surface area contributed by atoms with Gasteiger partial charge in [-0.2, -0.15) is 9.78 Å². The van der Waals surface area contributed by atoms with E-state index >= 15 is 0 Å². The van der Waals surface area contributed by atoms with Gasteiger partial charge in [0.1, 0.15) is 17.3 Å². The van der Waals surface area contributed by atoms with Gasteiger partial charge in [-0.25, -0.2) is 4.98 Å². The smallest absolute Gasteiger partial charge is 0.282 e. The lowest BCUT2D eigenvalue weighted by atomic mass is 10.2. The largest absolute Gasteiger partial charge is 0.457 e. The van der Waals surface area contributed by atoms with Gasteiger partial charge in [0.25, 0.3) is 5.56 Å². The maximum atomic E-state index is 12.7. The summed E-state index contributed by atoms with van der Waals surface area (Å²) in [7, 11) is 0. The first-order valence-corrected chi connectivity index (χ1v) is 8.56. The summed E-state index contributed by atoms with van der Waals surface area (Å²) in [5.41, 5.74) is 1.30. The van der Waals surface area contributed by atoms with Crippen LogP contribution in [0, 0.1) is 6.92 Å². The third-order valence-electron chi connectivity index (χ3n) is 4.07. The predicted molar refractivity (Wildman–Crippen MR) is 107 cm³/mol. The number of hydrogen-bond acceptors (Lipinski definition) is 4. The minimum Gasteiger partial charge on any atom is -0.457 e. The summed E-state index contributed by atoms with van der Waals surface area (Å²) in [6.07, 6.45) is 1.63. The van der Waals surface area contributed by atoms with Crippen molar-refractivity contribution in [3.63, 3.8) is 0 Å². The summed E-state index contributed by atoms with van der Waals surface area (Å²) in [5, 5.41) is 4.88. The van der Waals surface area contributed by atoms with Crippen molar-refractivity contribution < 1.29 is 4.74 Å². The van der Waals surface area contributed by atoms with Crippen LogP contribution in [-0.2, 0) is 0 Å². The Kier molecular flexibility index (Phi) is 4.49. The Morgan fingerprint density at radius 3 is 2.52 bits per heavy atom. The summed E-state index contributed by atoms with van der Waals surface area (Å²) < 4.78 is 7.15. The van der Waals surface area contributed by atoms with Crippen LogP contribution in [0.3, 0.4) is 0 Å². The minimum absolute atomic E-state index is 0.189. The molecule has 27 heavy (non-hydrogen) atoms. The Labute approximate surface area is 156 Å². The summed E-state index contributed by atoms with van der Waals surface area (Å²) in [5.74, 6) is 2.00. The third kappa shape index (κ3) is 3.62. The van der Waals surface area contributed by atoms with Gasteiger partial charge >= 0.3 is 0 Å². The summed E-state index contributed by atoms with van der Waals surface area (Å²) in [4.78, 5) is 17.1. The molecular formula is C22H17N3O2. The molecule has 0 bridgehead atoms. The second-order valence-corrected chi connectivity index (χ2v) is 6.03. The Bertz CT molecular complexity index is 1180. The van der Waals surface area contributed by atoms with Gasteiger partial charge in [0.15, 0.2) is 0 Å². The van der Waals surface area contributed by atoms with Crippen molar-refractivity contribution in [3.8, 4) is 11.5 Å². The molecule has 0 spiro atoms. The molecule has 0 amide bonds. The van der Waals surface area contributed by atoms with E-state index in [4.69, 9.17) is 4.74 Å². The molecule has 3 aromatic carbocycles. The lowest BCUT2D eigenvalue weighted by molar-refractivity contribution is 0.482. The number of ether oxygens (including phenoxy) is 1. The van der Waals surface area contributed by atoms with Crippen LogP contribution in [0.4, 0.5) is 0 Å². The fraction of sp³-hybridized carbons (Fsp3) is 0.0455. The lowest BCUT2D eigenvalue weighted by Gasteiger charge is -2.07. The Balaban J connectivity index is 1.65. The van der Waals surface area contributed by atoms with E-state index in [9.17, 15) is 4.79 Å². The normalized spacial score (nSPS) is 11.1. The maximum absolute atomic E-state index is 12.7. The lowest BCUT2D eigenvalue weighted by Crippen LogP contribution is -2.20. The number of aromatic nitrogens is 2. The van der Waals surface area contributed by atoms with Crippen LogP contribution in [0.25, 0.3) is 10.9 Å². The number of aryl methyl sites for hydroxylation is 1. The van der Waals surface area contributed by atoms with Crippen molar-refractivity contribution in [3.05, 3.63) is 101 Å². The molecule has 0 aliphatic carbocycles. The van der Waals surface area contributed by atoms with Gasteiger partial charge in [-0.3, -0.25) is 4.79 Å². The number of rotatable bonds is 4. The van der Waals surface area contributed by atoms with Crippen LogP contribution in [0.5, 0.6) is 11.5 Å². The molecule has 0 saturated carbocycles. The van der Waals surface area contributed by atoms with E-state index in [-0.39, 0.29) is 5.56 Å². The highest BCUT2D eigenvalue weighted by Gasteiger charge is 2.06. The number of fused-ring (bicyclic) bond motifs is 1. The zero-order valence-electron chi connectivity index (χ0n) is 14.7. The zero-order chi connectivity index (χ0) is 18.6. The molecule has 4 rings (SSSR count). The van der Waals surface area contributed by atoms with Crippen molar-refractivity contribution in [2.75, 3.05) is 0 Å². The monoisotopic (exact) mass is 355 g/mol. The molecule has 0 unspecified atom stereocenters. The van der Waals surface area contributed by atoms with Crippen LogP contribution < -0.4 is 10.3 Å². The molecule has 0 saturated heterocycles. The second-order valence-electron chi connectivity index (χ2n) is 6.03. The van der Waals surface area contributed by atoms with Crippen molar-refractivity contribution >= 4 is 17.1 Å². The van der Waals surface area contributed by atoms with Crippen LogP contribution in [0.2, 0.25) is 0 Å². The molecule has 0 fully saturated rings. The van der Waals surface area contributed by atoms with E-state index in [2.05, 4.69) is 10.1 Å². The quantitative estimate of drug-likeness (QED) is 0.511. The SMILES string of the molecule is Cc1nc2ccccc2c(=O)n1/N=C/c1cccc(Oc2ccccc2)c1. The van der Waals surface area contributed by atoms with Gasteiger partial charge in [-0.1, -0.05) is 42.5 Å². The van der Waals surface area contributed by atoms with Crippen molar-refractivity contribution in [1.29, 1.82) is 0 Å². The molecule has 1 heterocycles. The molecule has 0 atom stereocenters. The van der Waals surface area contributed by atoms with Crippen molar-refractivity contribution in [2.45, 2.75) is 6.92 Å². The first kappa shape index (κ1) is 16.7. The standard InChI is InChI=1S/C22H17N3O2/c1-16-24-21-13-6-5-12-20(21)22(26)25(16)23-15-17-8-7-11-19(14-17)27-18-9-3-2-4-10-18/h2-15H,1H3/b23-15+. The van der Waals surface area contributed by atoms with Crippen LogP contribution in [-0.4, -0.2) is 15.9 Å². The fourth-order valence-corrected chi connectivity index (χ4v) is 2.78. The number of hydrogen-bond donors (Lipinski definition) is 0. The molecule has 1 aromatic heterocycles. The first-order valence-electron chi connectivity index (χ1n) is 8.56. The summed E-state index contributed by atoms with van der Waals surface area (Å²) in [6.45, 7) is 1.76. The Morgan fingerprint density at radius 1 is 0.926 bits per heavy atom. The summed E-state index contributed by atoms with van der Waals surface area (Å²) in [6, 6.07) is 24.3. The molecule has 132 valence electrons. The molecule has 0 aliphatic heterocycles. The molecular weight excluding hydrogens is 338 g/mol. The molecule has 0 N–H and O–H groups in total. The Morgan fingerprint density at radius 2 is 1.67 bits per heavy atom. The summed E-state index contributed by atoms with van der Waals surface area (Å²) >= 11 is 0. The second kappa shape index (κ2) is 7.25. The molecule has 0 aliphatic rings. The highest BCUT2D eigenvalue weighted by atomic mass is 16.5. The van der Waals surface area contributed by atoms with Crippen molar-refractivity contribution in [2.24, 2.45) is 5.10 Å². The predicted octanol–water partition coefficient (Wildman–Crippen LogP) is 4.38. The van der Waals surface area contributed by atoms with E-state index in [0.717, 1.165) is 11.3 Å². The van der Waals surface area contributed by atoms with E-state index in [0.29, 0.717) is 22.5 Å². The maximum Gasteiger partial charge on any atom is 0.282 e. The average molecular weight is 355 g/mol. The van der Waals surface area contributed by atoms with Gasteiger partial charge in [0, 0.05) is 0 Å². The minimum atomic E-state index is -0.189. The first-order chi connectivity index (χ1) is 13.2. The molecule has 4 aromatic rings. The van der Waals surface area contributed by atoms with E-state index < -0.39 is 0 Å². The van der Waals surface area contributed by atoms with E-state index in [1.807, 2.05) is 72.8 Å². The van der Waals surface area contributed by atoms with Gasteiger partial charge in [0.05, 0.1) is 17.1 Å². The average Bonchev–Trinajstić information content (AvgIpc) is 2.69. The van der Waals surface area contributed by atoms with Crippen LogP contribution in [0.1, 0.15) is 11.4 Å². The molecule has 5 nitrogen and oxygen atoms in total. The number of para-hydroxylation sites is 2. The molecule has 5 heteroatoms. The topological polar surface area (TPSA) is 56.5 Å². The fourth-order valence-electron chi connectivity index (χ4n) is 2.78. The van der Waals surface area contributed by atoms with Gasteiger partial charge in [-0.15, -0.1) is 0 Å². The van der Waals surface area contributed by atoms with E-state index in [1.54, 1.807) is 19.2 Å². The number of benzene rings is 3. The Hall–Kier alpha value is -3.73. The van der Waals surface area contributed by atoms with Crippen LogP contribution >= 0.6 is 0 Å². The van der Waals surface area contributed by atoms with Gasteiger partial charge in [-0.05, 0) is 48.9 Å². The molecule has 0 radical (unpaired) electrons. The third-order valence-corrected chi connectivity index (χ3v) is 4.07. The number of nitrogens with zero attached hydrogens (tertiary/aromatic N) is 3. The van der Waals surface area contributed by atoms with E-state index in [1.165, 1.54) is 4.68 Å². The van der Waals surface area contributed by atoms with Crippen LogP contribution in [0.15, 0.2) is 88.8 Å². The van der Waals surface area contributed by atoms with Crippen molar-refractivity contribution in [1.82, 2.24) is 9.66 Å². The highest BCUT2D eigenvalue weighted by Crippen LogP contribution is 2.21. The zero-order valence-corrected chi connectivity index (χ0v) is 14.7.